The Hall–Kier alpha value is -1.74. The Balaban J connectivity index is 2.31. The number of alkyl halides is 3. The quantitative estimate of drug-likeness (QED) is 0.862. The van der Waals surface area contributed by atoms with Crippen molar-refractivity contribution in [2.24, 2.45) is 11.7 Å². The van der Waals surface area contributed by atoms with Gasteiger partial charge in [0.1, 0.15) is 6.07 Å². The Morgan fingerprint density at radius 3 is 2.65 bits per heavy atom. The zero-order valence-electron chi connectivity index (χ0n) is 11.1. The molecule has 1 aliphatic rings. The first kappa shape index (κ1) is 14.7. The smallest absolute Gasteiger partial charge is 0.369 e. The van der Waals surface area contributed by atoms with Crippen molar-refractivity contribution >= 4 is 5.69 Å². The van der Waals surface area contributed by atoms with Crippen molar-refractivity contribution in [3.8, 4) is 6.07 Å². The SMILES string of the molecule is CC1CCN(c2ccc(C(F)(F)F)cc2C#N)CC1N. The summed E-state index contributed by atoms with van der Waals surface area (Å²) in [6, 6.07) is 5.10. The third-order valence-corrected chi connectivity index (χ3v) is 3.80. The highest BCUT2D eigenvalue weighted by atomic mass is 19.4. The first-order valence-electron chi connectivity index (χ1n) is 6.45. The number of halogens is 3. The molecule has 3 nitrogen and oxygen atoms in total. The fourth-order valence-corrected chi connectivity index (χ4v) is 2.40. The highest BCUT2D eigenvalue weighted by Crippen LogP contribution is 2.33. The van der Waals surface area contributed by atoms with Crippen molar-refractivity contribution in [1.82, 2.24) is 0 Å². The lowest BCUT2D eigenvalue weighted by molar-refractivity contribution is -0.137. The van der Waals surface area contributed by atoms with Crippen LogP contribution in [0.2, 0.25) is 0 Å². The number of piperidine rings is 1. The molecule has 2 atom stereocenters. The molecule has 1 heterocycles. The van der Waals surface area contributed by atoms with Crippen molar-refractivity contribution in [1.29, 1.82) is 5.26 Å². The molecule has 1 saturated heterocycles. The summed E-state index contributed by atoms with van der Waals surface area (Å²) in [4.78, 5) is 1.89. The first-order valence-corrected chi connectivity index (χ1v) is 6.45. The van der Waals surface area contributed by atoms with Crippen LogP contribution in [-0.2, 0) is 6.18 Å². The second-order valence-electron chi connectivity index (χ2n) is 5.22. The molecule has 0 aliphatic carbocycles. The van der Waals surface area contributed by atoms with Crippen LogP contribution in [0.3, 0.4) is 0 Å². The number of nitrogens with zero attached hydrogens (tertiary/aromatic N) is 2. The second-order valence-corrected chi connectivity index (χ2v) is 5.22. The summed E-state index contributed by atoms with van der Waals surface area (Å²) < 4.78 is 37.9. The number of benzene rings is 1. The molecular formula is C14H16F3N3. The molecule has 0 amide bonds. The van der Waals surface area contributed by atoms with E-state index in [4.69, 9.17) is 11.0 Å². The lowest BCUT2D eigenvalue weighted by Gasteiger charge is -2.37. The van der Waals surface area contributed by atoms with Crippen molar-refractivity contribution in [2.45, 2.75) is 25.6 Å². The molecule has 1 aromatic rings. The second kappa shape index (κ2) is 5.33. The van der Waals surface area contributed by atoms with Gasteiger partial charge in [-0.05, 0) is 30.5 Å². The lowest BCUT2D eigenvalue weighted by atomic mass is 9.93. The molecule has 2 N–H and O–H groups in total. The van der Waals surface area contributed by atoms with E-state index in [0.717, 1.165) is 18.6 Å². The Labute approximate surface area is 115 Å². The molecule has 6 heteroatoms. The van der Waals surface area contributed by atoms with Crippen LogP contribution in [0.25, 0.3) is 0 Å². The van der Waals surface area contributed by atoms with E-state index in [1.165, 1.54) is 6.07 Å². The summed E-state index contributed by atoms with van der Waals surface area (Å²) in [7, 11) is 0. The van der Waals surface area contributed by atoms with Crippen LogP contribution in [0, 0.1) is 17.2 Å². The molecule has 0 spiro atoms. The van der Waals surface area contributed by atoms with Crippen LogP contribution in [-0.4, -0.2) is 19.1 Å². The molecule has 108 valence electrons. The number of nitrogens with two attached hydrogens (primary N) is 1. The standard InChI is InChI=1S/C14H16F3N3/c1-9-4-5-20(8-12(9)19)13-3-2-11(14(15,16)17)6-10(13)7-18/h2-3,6,9,12H,4-5,8,19H2,1H3. The molecule has 20 heavy (non-hydrogen) atoms. The summed E-state index contributed by atoms with van der Waals surface area (Å²) in [5.41, 5.74) is 5.77. The van der Waals surface area contributed by atoms with E-state index >= 15 is 0 Å². The van der Waals surface area contributed by atoms with E-state index in [0.29, 0.717) is 24.7 Å². The molecule has 0 saturated carbocycles. The van der Waals surface area contributed by atoms with Gasteiger partial charge in [0.25, 0.3) is 0 Å². The number of hydrogen-bond acceptors (Lipinski definition) is 3. The van der Waals surface area contributed by atoms with E-state index < -0.39 is 11.7 Å². The van der Waals surface area contributed by atoms with Crippen molar-refractivity contribution in [2.75, 3.05) is 18.0 Å². The van der Waals surface area contributed by atoms with Gasteiger partial charge in [0.05, 0.1) is 16.8 Å². The van der Waals surface area contributed by atoms with Gasteiger partial charge in [-0.15, -0.1) is 0 Å². The minimum Gasteiger partial charge on any atom is -0.369 e. The van der Waals surface area contributed by atoms with Gasteiger partial charge in [-0.1, -0.05) is 6.92 Å². The van der Waals surface area contributed by atoms with Gasteiger partial charge in [-0.3, -0.25) is 0 Å². The third-order valence-electron chi connectivity index (χ3n) is 3.80. The monoisotopic (exact) mass is 283 g/mol. The van der Waals surface area contributed by atoms with Gasteiger partial charge in [-0.25, -0.2) is 0 Å². The fraction of sp³-hybridized carbons (Fsp3) is 0.500. The topological polar surface area (TPSA) is 53.0 Å². The molecule has 1 aliphatic heterocycles. The van der Waals surface area contributed by atoms with Crippen LogP contribution in [0.15, 0.2) is 18.2 Å². The molecule has 0 radical (unpaired) electrons. The molecule has 2 rings (SSSR count). The predicted octanol–water partition coefficient (Wildman–Crippen LogP) is 2.75. The van der Waals surface area contributed by atoms with E-state index in [-0.39, 0.29) is 11.6 Å². The fourth-order valence-electron chi connectivity index (χ4n) is 2.40. The third kappa shape index (κ3) is 2.88. The van der Waals surface area contributed by atoms with Crippen LogP contribution >= 0.6 is 0 Å². The van der Waals surface area contributed by atoms with Gasteiger partial charge >= 0.3 is 6.18 Å². The summed E-state index contributed by atoms with van der Waals surface area (Å²) in [5, 5.41) is 9.08. The summed E-state index contributed by atoms with van der Waals surface area (Å²) in [6.07, 6.45) is -3.57. The molecule has 0 aromatic heterocycles. The molecule has 2 unspecified atom stereocenters. The minimum absolute atomic E-state index is 0.0300. The summed E-state index contributed by atoms with van der Waals surface area (Å²) in [6.45, 7) is 3.32. The highest BCUT2D eigenvalue weighted by Gasteiger charge is 2.32. The molecule has 0 bridgehead atoms. The van der Waals surface area contributed by atoms with E-state index in [2.05, 4.69) is 6.92 Å². The normalized spacial score (nSPS) is 23.5. The van der Waals surface area contributed by atoms with Gasteiger partial charge in [0, 0.05) is 19.1 Å². The van der Waals surface area contributed by atoms with Crippen LogP contribution in [0.5, 0.6) is 0 Å². The van der Waals surface area contributed by atoms with Gasteiger partial charge in [-0.2, -0.15) is 18.4 Å². The molecule has 1 aromatic carbocycles. The minimum atomic E-state index is -4.43. The Morgan fingerprint density at radius 2 is 2.10 bits per heavy atom. The van der Waals surface area contributed by atoms with E-state index in [1.807, 2.05) is 11.0 Å². The van der Waals surface area contributed by atoms with Crippen molar-refractivity contribution in [3.05, 3.63) is 29.3 Å². The van der Waals surface area contributed by atoms with Gasteiger partial charge in [0.15, 0.2) is 0 Å². The number of nitriles is 1. The van der Waals surface area contributed by atoms with Crippen molar-refractivity contribution in [3.63, 3.8) is 0 Å². The van der Waals surface area contributed by atoms with Crippen LogP contribution < -0.4 is 10.6 Å². The number of hydrogen-bond donors (Lipinski definition) is 1. The average Bonchev–Trinajstić information content (AvgIpc) is 2.40. The Morgan fingerprint density at radius 1 is 1.40 bits per heavy atom. The number of rotatable bonds is 1. The van der Waals surface area contributed by atoms with E-state index in [9.17, 15) is 13.2 Å². The zero-order chi connectivity index (χ0) is 14.9. The van der Waals surface area contributed by atoms with Gasteiger partial charge in [0.2, 0.25) is 0 Å². The Kier molecular flexibility index (Phi) is 3.91. The van der Waals surface area contributed by atoms with Gasteiger partial charge < -0.3 is 10.6 Å². The van der Waals surface area contributed by atoms with Crippen molar-refractivity contribution < 1.29 is 13.2 Å². The molecular weight excluding hydrogens is 267 g/mol. The van der Waals surface area contributed by atoms with Crippen LogP contribution in [0.4, 0.5) is 18.9 Å². The summed E-state index contributed by atoms with van der Waals surface area (Å²) in [5.74, 6) is 0.381. The Bertz CT molecular complexity index is 533. The lowest BCUT2D eigenvalue weighted by Crippen LogP contribution is -2.47. The first-order chi connectivity index (χ1) is 9.32. The maximum atomic E-state index is 12.6. The largest absolute Gasteiger partial charge is 0.416 e. The predicted molar refractivity (Wildman–Crippen MR) is 70.1 cm³/mol. The maximum Gasteiger partial charge on any atom is 0.416 e. The maximum absolute atomic E-state index is 12.6. The highest BCUT2D eigenvalue weighted by molar-refractivity contribution is 5.61. The number of anilines is 1. The van der Waals surface area contributed by atoms with E-state index in [1.54, 1.807) is 0 Å². The van der Waals surface area contributed by atoms with Crippen LogP contribution in [0.1, 0.15) is 24.5 Å². The zero-order valence-corrected chi connectivity index (χ0v) is 11.1. The molecule has 1 fully saturated rings. The average molecular weight is 283 g/mol. The summed E-state index contributed by atoms with van der Waals surface area (Å²) >= 11 is 0.